The molecule has 1 unspecified atom stereocenters. The Morgan fingerprint density at radius 2 is 1.93 bits per heavy atom. The molecule has 0 rings (SSSR count). The van der Waals surface area contributed by atoms with Crippen LogP contribution >= 0.6 is 0 Å². The molecule has 0 radical (unpaired) electrons. The van der Waals surface area contributed by atoms with Gasteiger partial charge in [-0.1, -0.05) is 19.8 Å². The van der Waals surface area contributed by atoms with Crippen LogP contribution in [0, 0.1) is 0 Å². The van der Waals surface area contributed by atoms with Crippen molar-refractivity contribution in [1.29, 1.82) is 0 Å². The number of rotatable bonds is 8. The van der Waals surface area contributed by atoms with E-state index in [0.717, 1.165) is 12.8 Å². The van der Waals surface area contributed by atoms with E-state index in [0.29, 0.717) is 6.42 Å². The molecule has 0 saturated carbocycles. The molecule has 1 atom stereocenters. The molecule has 0 aromatic carbocycles. The Hall–Kier alpha value is -0.360. The van der Waals surface area contributed by atoms with Gasteiger partial charge in [0.2, 0.25) is 0 Å². The van der Waals surface area contributed by atoms with Gasteiger partial charge in [-0.25, -0.2) is 8.78 Å². The van der Waals surface area contributed by atoms with Gasteiger partial charge >= 0.3 is 12.3 Å². The highest BCUT2D eigenvalue weighted by Gasteiger charge is 2.39. The molecule has 15 heavy (non-hydrogen) atoms. The maximum atomic E-state index is 12.4. The molecule has 0 bridgehead atoms. The molecule has 2 nitrogen and oxygen atoms in total. The molecule has 0 saturated heterocycles. The van der Waals surface area contributed by atoms with Gasteiger partial charge in [-0.15, -0.1) is 0 Å². The van der Waals surface area contributed by atoms with Gasteiger partial charge < -0.3 is 11.1 Å². The molecular formula is C9H18F4N2. The molecule has 92 valence electrons. The Morgan fingerprint density at radius 3 is 2.40 bits per heavy atom. The minimum atomic E-state index is -3.97. The zero-order chi connectivity index (χ0) is 11.9. The lowest BCUT2D eigenvalue weighted by atomic mass is 10.1. The van der Waals surface area contributed by atoms with Crippen LogP contribution in [0.15, 0.2) is 0 Å². The zero-order valence-corrected chi connectivity index (χ0v) is 8.78. The summed E-state index contributed by atoms with van der Waals surface area (Å²) in [5, 5.41) is 2.26. The van der Waals surface area contributed by atoms with Crippen molar-refractivity contribution < 1.29 is 17.6 Å². The largest absolute Gasteiger partial charge is 0.327 e. The van der Waals surface area contributed by atoms with Gasteiger partial charge in [-0.3, -0.25) is 0 Å². The molecule has 0 aromatic heterocycles. The van der Waals surface area contributed by atoms with Gasteiger partial charge in [0.15, 0.2) is 0 Å². The van der Waals surface area contributed by atoms with Gasteiger partial charge in [0.25, 0.3) is 0 Å². The van der Waals surface area contributed by atoms with Gasteiger partial charge in [0.1, 0.15) is 0 Å². The fourth-order valence-electron chi connectivity index (χ4n) is 1.07. The van der Waals surface area contributed by atoms with Crippen molar-refractivity contribution in [3.05, 3.63) is 0 Å². The Morgan fingerprint density at radius 1 is 1.33 bits per heavy atom. The summed E-state index contributed by atoms with van der Waals surface area (Å²) in [6.07, 6.45) is -1.03. The highest BCUT2D eigenvalue weighted by molar-refractivity contribution is 4.74. The Kier molecular flexibility index (Phi) is 6.84. The maximum absolute atomic E-state index is 12.4. The Bertz CT molecular complexity index is 164. The molecule has 0 amide bonds. The monoisotopic (exact) mass is 230 g/mol. The van der Waals surface area contributed by atoms with E-state index in [1.807, 2.05) is 6.92 Å². The lowest BCUT2D eigenvalue weighted by Crippen LogP contribution is -2.43. The average molecular weight is 230 g/mol. The molecule has 0 spiro atoms. The van der Waals surface area contributed by atoms with Crippen LogP contribution in [0.5, 0.6) is 0 Å². The highest BCUT2D eigenvalue weighted by atomic mass is 19.3. The third-order valence-corrected chi connectivity index (χ3v) is 2.01. The summed E-state index contributed by atoms with van der Waals surface area (Å²) in [5.74, 6) is -3.97. The number of hydrogen-bond donors (Lipinski definition) is 2. The van der Waals surface area contributed by atoms with Crippen molar-refractivity contribution in [2.75, 3.05) is 13.1 Å². The van der Waals surface area contributed by atoms with Crippen molar-refractivity contribution >= 4 is 0 Å². The summed E-state index contributed by atoms with van der Waals surface area (Å²) in [5.41, 5.74) is 5.57. The number of nitrogens with two attached hydrogens (primary N) is 1. The minimum absolute atomic E-state index is 0.141. The van der Waals surface area contributed by atoms with E-state index in [2.05, 4.69) is 5.32 Å². The van der Waals surface area contributed by atoms with Crippen LogP contribution in [0.4, 0.5) is 17.6 Å². The average Bonchev–Trinajstić information content (AvgIpc) is 2.14. The van der Waals surface area contributed by atoms with Crippen LogP contribution < -0.4 is 11.1 Å². The van der Waals surface area contributed by atoms with Crippen LogP contribution in [-0.2, 0) is 0 Å². The first-order chi connectivity index (χ1) is 6.90. The molecule has 3 N–H and O–H groups in total. The van der Waals surface area contributed by atoms with Gasteiger partial charge in [0.05, 0.1) is 6.54 Å². The molecular weight excluding hydrogens is 212 g/mol. The standard InChI is InChI=1S/C9H18F4N2/c1-2-3-4-7(14)5-15-6-9(12,13)8(10)11/h7-8,15H,2-6,14H2,1H3. The molecule has 0 aliphatic rings. The second-order valence-electron chi connectivity index (χ2n) is 3.59. The summed E-state index contributed by atoms with van der Waals surface area (Å²) >= 11 is 0. The number of halogens is 4. The van der Waals surface area contributed by atoms with E-state index < -0.39 is 18.9 Å². The minimum Gasteiger partial charge on any atom is -0.327 e. The van der Waals surface area contributed by atoms with Crippen molar-refractivity contribution in [2.24, 2.45) is 5.73 Å². The predicted octanol–water partition coefficient (Wildman–Crippen LogP) is 1.99. The topological polar surface area (TPSA) is 38.0 Å². The molecule has 0 aliphatic carbocycles. The highest BCUT2D eigenvalue weighted by Crippen LogP contribution is 2.21. The molecule has 0 aliphatic heterocycles. The fraction of sp³-hybridized carbons (Fsp3) is 1.00. The van der Waals surface area contributed by atoms with Crippen LogP contribution in [0.3, 0.4) is 0 Å². The Balaban J connectivity index is 3.60. The maximum Gasteiger partial charge on any atom is 0.319 e. The normalized spacial score (nSPS) is 14.6. The van der Waals surface area contributed by atoms with E-state index in [1.165, 1.54) is 0 Å². The van der Waals surface area contributed by atoms with E-state index in [9.17, 15) is 17.6 Å². The number of nitrogens with one attached hydrogen (secondary N) is 1. The predicted molar refractivity (Wildman–Crippen MR) is 51.3 cm³/mol. The van der Waals surface area contributed by atoms with Crippen molar-refractivity contribution in [3.8, 4) is 0 Å². The lowest BCUT2D eigenvalue weighted by molar-refractivity contribution is -0.125. The van der Waals surface area contributed by atoms with Crippen LogP contribution in [0.1, 0.15) is 26.2 Å². The third kappa shape index (κ3) is 6.67. The SMILES string of the molecule is CCCCC(N)CNCC(F)(F)C(F)F. The molecule has 0 fully saturated rings. The summed E-state index contributed by atoms with van der Waals surface area (Å²) in [7, 11) is 0. The summed E-state index contributed by atoms with van der Waals surface area (Å²) in [6, 6.07) is -0.251. The molecule has 6 heteroatoms. The first kappa shape index (κ1) is 14.6. The van der Waals surface area contributed by atoms with E-state index in [4.69, 9.17) is 5.73 Å². The lowest BCUT2D eigenvalue weighted by Gasteiger charge is -2.17. The van der Waals surface area contributed by atoms with Crippen molar-refractivity contribution in [3.63, 3.8) is 0 Å². The second kappa shape index (κ2) is 7.00. The van der Waals surface area contributed by atoms with Gasteiger partial charge in [0, 0.05) is 12.6 Å². The second-order valence-corrected chi connectivity index (χ2v) is 3.59. The summed E-state index contributed by atoms with van der Waals surface area (Å²) in [6.45, 7) is 1.11. The van der Waals surface area contributed by atoms with Gasteiger partial charge in [-0.2, -0.15) is 8.78 Å². The zero-order valence-electron chi connectivity index (χ0n) is 8.78. The first-order valence-electron chi connectivity index (χ1n) is 5.02. The first-order valence-corrected chi connectivity index (χ1v) is 5.02. The Labute approximate surface area is 87.2 Å². The summed E-state index contributed by atoms with van der Waals surface area (Å²) in [4.78, 5) is 0. The molecule has 0 heterocycles. The van der Waals surface area contributed by atoms with E-state index >= 15 is 0 Å². The van der Waals surface area contributed by atoms with Crippen LogP contribution in [-0.4, -0.2) is 31.5 Å². The smallest absolute Gasteiger partial charge is 0.319 e. The number of alkyl halides is 4. The summed E-state index contributed by atoms with van der Waals surface area (Å²) < 4.78 is 48.2. The van der Waals surface area contributed by atoms with Crippen LogP contribution in [0.25, 0.3) is 0 Å². The van der Waals surface area contributed by atoms with E-state index in [1.54, 1.807) is 0 Å². The quantitative estimate of drug-likeness (QED) is 0.626. The van der Waals surface area contributed by atoms with E-state index in [-0.39, 0.29) is 12.6 Å². The third-order valence-electron chi connectivity index (χ3n) is 2.01. The van der Waals surface area contributed by atoms with Gasteiger partial charge in [-0.05, 0) is 6.42 Å². The number of unbranched alkanes of at least 4 members (excludes halogenated alkanes) is 1. The molecule has 0 aromatic rings. The van der Waals surface area contributed by atoms with Crippen molar-refractivity contribution in [1.82, 2.24) is 5.32 Å². The van der Waals surface area contributed by atoms with Crippen molar-refractivity contribution in [2.45, 2.75) is 44.6 Å². The van der Waals surface area contributed by atoms with Crippen LogP contribution in [0.2, 0.25) is 0 Å². The fourth-order valence-corrected chi connectivity index (χ4v) is 1.07. The number of hydrogen-bond acceptors (Lipinski definition) is 2.